The SMILES string of the molecule is CCOC(=O)C1=C(C)N(c2ccc(C)cc2)C(=O)C1=Cc1ccccc1Cl. The molecule has 0 aliphatic carbocycles. The molecule has 2 aromatic carbocycles. The molecule has 1 heterocycles. The van der Waals surface area contributed by atoms with Gasteiger partial charge in [-0.15, -0.1) is 0 Å². The summed E-state index contributed by atoms with van der Waals surface area (Å²) in [5.41, 5.74) is 3.54. The molecule has 138 valence electrons. The van der Waals surface area contributed by atoms with E-state index in [2.05, 4.69) is 0 Å². The average Bonchev–Trinajstić information content (AvgIpc) is 2.88. The van der Waals surface area contributed by atoms with Gasteiger partial charge in [0.2, 0.25) is 0 Å². The van der Waals surface area contributed by atoms with Crippen LogP contribution in [-0.4, -0.2) is 18.5 Å². The second-order valence-electron chi connectivity index (χ2n) is 6.24. The van der Waals surface area contributed by atoms with E-state index in [9.17, 15) is 9.59 Å². The van der Waals surface area contributed by atoms with Gasteiger partial charge in [-0.1, -0.05) is 47.5 Å². The van der Waals surface area contributed by atoms with Crippen molar-refractivity contribution in [3.05, 3.63) is 81.5 Å². The summed E-state index contributed by atoms with van der Waals surface area (Å²) in [7, 11) is 0. The summed E-state index contributed by atoms with van der Waals surface area (Å²) < 4.78 is 5.20. The number of allylic oxidation sites excluding steroid dienone is 1. The smallest absolute Gasteiger partial charge is 0.340 e. The Bertz CT molecular complexity index is 958. The minimum Gasteiger partial charge on any atom is -0.462 e. The van der Waals surface area contributed by atoms with Gasteiger partial charge in [-0.2, -0.15) is 0 Å². The quantitative estimate of drug-likeness (QED) is 0.558. The van der Waals surface area contributed by atoms with Gasteiger partial charge < -0.3 is 4.74 Å². The van der Waals surface area contributed by atoms with Crippen LogP contribution in [0.15, 0.2) is 65.4 Å². The zero-order chi connectivity index (χ0) is 19.6. The highest BCUT2D eigenvalue weighted by molar-refractivity contribution is 6.32. The van der Waals surface area contributed by atoms with Crippen molar-refractivity contribution in [2.45, 2.75) is 20.8 Å². The van der Waals surface area contributed by atoms with Gasteiger partial charge in [-0.05, 0) is 50.6 Å². The number of hydrogen-bond acceptors (Lipinski definition) is 3. The van der Waals surface area contributed by atoms with E-state index in [1.807, 2.05) is 43.3 Å². The molecule has 2 aromatic rings. The molecule has 0 fully saturated rings. The largest absolute Gasteiger partial charge is 0.462 e. The maximum Gasteiger partial charge on any atom is 0.340 e. The van der Waals surface area contributed by atoms with Crippen molar-refractivity contribution in [1.82, 2.24) is 0 Å². The third kappa shape index (κ3) is 3.67. The van der Waals surface area contributed by atoms with E-state index in [-0.39, 0.29) is 23.7 Å². The average molecular weight is 382 g/mol. The van der Waals surface area contributed by atoms with Crippen molar-refractivity contribution in [2.75, 3.05) is 11.5 Å². The first-order valence-electron chi connectivity index (χ1n) is 8.69. The highest BCUT2D eigenvalue weighted by atomic mass is 35.5. The fourth-order valence-electron chi connectivity index (χ4n) is 3.03. The second kappa shape index (κ2) is 7.80. The Hall–Kier alpha value is -2.85. The molecule has 0 unspecified atom stereocenters. The molecule has 0 bridgehead atoms. The van der Waals surface area contributed by atoms with Crippen molar-refractivity contribution in [1.29, 1.82) is 0 Å². The lowest BCUT2D eigenvalue weighted by Gasteiger charge is -2.18. The first-order valence-corrected chi connectivity index (χ1v) is 9.07. The van der Waals surface area contributed by atoms with E-state index >= 15 is 0 Å². The van der Waals surface area contributed by atoms with E-state index in [1.165, 1.54) is 4.90 Å². The van der Waals surface area contributed by atoms with Crippen molar-refractivity contribution in [3.63, 3.8) is 0 Å². The van der Waals surface area contributed by atoms with Crippen LogP contribution in [0.2, 0.25) is 5.02 Å². The number of benzene rings is 2. The lowest BCUT2D eigenvalue weighted by molar-refractivity contribution is -0.138. The van der Waals surface area contributed by atoms with Crippen LogP contribution in [0.4, 0.5) is 5.69 Å². The Labute approximate surface area is 163 Å². The number of anilines is 1. The molecule has 1 aliphatic rings. The lowest BCUT2D eigenvalue weighted by Crippen LogP contribution is -2.24. The molecule has 4 nitrogen and oxygen atoms in total. The Kier molecular flexibility index (Phi) is 5.47. The number of aryl methyl sites for hydroxylation is 1. The zero-order valence-corrected chi connectivity index (χ0v) is 16.2. The van der Waals surface area contributed by atoms with Gasteiger partial charge in [0.1, 0.15) is 0 Å². The molecule has 0 N–H and O–H groups in total. The Morgan fingerprint density at radius 3 is 2.41 bits per heavy atom. The number of rotatable bonds is 4. The standard InChI is InChI=1S/C22H20ClNO3/c1-4-27-22(26)20-15(3)24(17-11-9-14(2)10-12-17)21(25)18(20)13-16-7-5-6-8-19(16)23/h5-13H,4H2,1-3H3. The molecule has 1 amide bonds. The van der Waals surface area contributed by atoms with Crippen molar-refractivity contribution >= 4 is 35.2 Å². The highest BCUT2D eigenvalue weighted by Crippen LogP contribution is 2.36. The van der Waals surface area contributed by atoms with Gasteiger partial charge in [0.15, 0.2) is 0 Å². The number of halogens is 1. The Morgan fingerprint density at radius 1 is 1.11 bits per heavy atom. The molecule has 0 atom stereocenters. The van der Waals surface area contributed by atoms with Gasteiger partial charge >= 0.3 is 5.97 Å². The fourth-order valence-corrected chi connectivity index (χ4v) is 3.22. The first-order chi connectivity index (χ1) is 12.9. The molecule has 0 saturated heterocycles. The van der Waals surface area contributed by atoms with E-state index in [1.54, 1.807) is 32.1 Å². The summed E-state index contributed by atoms with van der Waals surface area (Å²) in [6.07, 6.45) is 1.65. The zero-order valence-electron chi connectivity index (χ0n) is 15.5. The third-order valence-corrected chi connectivity index (χ3v) is 4.72. The fraction of sp³-hybridized carbons (Fsp3) is 0.182. The number of nitrogens with zero attached hydrogens (tertiary/aromatic N) is 1. The van der Waals surface area contributed by atoms with Crippen LogP contribution >= 0.6 is 11.6 Å². The number of esters is 1. The molecule has 0 spiro atoms. The molecule has 0 saturated carbocycles. The minimum absolute atomic E-state index is 0.230. The number of carbonyl (C=O) groups excluding carboxylic acids is 2. The van der Waals surface area contributed by atoms with Crippen LogP contribution in [0.25, 0.3) is 6.08 Å². The summed E-state index contributed by atoms with van der Waals surface area (Å²) in [5.74, 6) is -0.796. The van der Waals surface area contributed by atoms with Crippen LogP contribution in [-0.2, 0) is 14.3 Å². The van der Waals surface area contributed by atoms with Crippen LogP contribution in [0.3, 0.4) is 0 Å². The van der Waals surface area contributed by atoms with E-state index in [0.717, 1.165) is 5.56 Å². The molecule has 27 heavy (non-hydrogen) atoms. The molecular formula is C22H20ClNO3. The van der Waals surface area contributed by atoms with Crippen LogP contribution in [0.1, 0.15) is 25.0 Å². The lowest BCUT2D eigenvalue weighted by atomic mass is 10.0. The maximum absolute atomic E-state index is 13.2. The van der Waals surface area contributed by atoms with E-state index in [0.29, 0.717) is 22.0 Å². The van der Waals surface area contributed by atoms with E-state index in [4.69, 9.17) is 16.3 Å². The summed E-state index contributed by atoms with van der Waals surface area (Å²) in [4.78, 5) is 27.3. The van der Waals surface area contributed by atoms with Crippen LogP contribution in [0, 0.1) is 6.92 Å². The molecule has 3 rings (SSSR count). The Morgan fingerprint density at radius 2 is 1.78 bits per heavy atom. The third-order valence-electron chi connectivity index (χ3n) is 4.38. The van der Waals surface area contributed by atoms with Crippen molar-refractivity contribution in [3.8, 4) is 0 Å². The topological polar surface area (TPSA) is 46.6 Å². The summed E-state index contributed by atoms with van der Waals surface area (Å²) in [6, 6.07) is 14.8. The normalized spacial score (nSPS) is 15.6. The first kappa shape index (κ1) is 18.9. The van der Waals surface area contributed by atoms with Gasteiger partial charge in [0.05, 0.1) is 17.8 Å². The maximum atomic E-state index is 13.2. The summed E-state index contributed by atoms with van der Waals surface area (Å²) >= 11 is 6.24. The summed E-state index contributed by atoms with van der Waals surface area (Å²) in [5, 5.41) is 0.507. The molecule has 1 aliphatic heterocycles. The monoisotopic (exact) mass is 381 g/mol. The number of hydrogen-bond donors (Lipinski definition) is 0. The second-order valence-corrected chi connectivity index (χ2v) is 6.64. The predicted octanol–water partition coefficient (Wildman–Crippen LogP) is 4.92. The Balaban J connectivity index is 2.14. The minimum atomic E-state index is -0.517. The van der Waals surface area contributed by atoms with Gasteiger partial charge in [0, 0.05) is 16.4 Å². The summed E-state index contributed by atoms with van der Waals surface area (Å²) in [6.45, 7) is 5.69. The molecular weight excluding hydrogens is 362 g/mol. The molecule has 0 aromatic heterocycles. The van der Waals surface area contributed by atoms with Crippen LogP contribution < -0.4 is 4.90 Å². The van der Waals surface area contributed by atoms with Gasteiger partial charge in [-0.25, -0.2) is 4.79 Å². The highest BCUT2D eigenvalue weighted by Gasteiger charge is 2.38. The van der Waals surface area contributed by atoms with Crippen molar-refractivity contribution < 1.29 is 14.3 Å². The number of carbonyl (C=O) groups is 2. The molecule has 5 heteroatoms. The molecule has 0 radical (unpaired) electrons. The van der Waals surface area contributed by atoms with Crippen molar-refractivity contribution in [2.24, 2.45) is 0 Å². The van der Waals surface area contributed by atoms with Gasteiger partial charge in [-0.3, -0.25) is 9.69 Å². The van der Waals surface area contributed by atoms with Gasteiger partial charge in [0.25, 0.3) is 5.91 Å². The van der Waals surface area contributed by atoms with Crippen LogP contribution in [0.5, 0.6) is 0 Å². The predicted molar refractivity (Wildman–Crippen MR) is 107 cm³/mol. The van der Waals surface area contributed by atoms with E-state index < -0.39 is 5.97 Å². The number of ether oxygens (including phenoxy) is 1. The number of amides is 1.